The van der Waals surface area contributed by atoms with Crippen LogP contribution in [0.1, 0.15) is 56.6 Å². The molecule has 2 aliphatic rings. The molecule has 1 aromatic heterocycles. The number of rotatable bonds is 4. The van der Waals surface area contributed by atoms with E-state index in [-0.39, 0.29) is 18.2 Å². The molecule has 0 spiro atoms. The third-order valence-corrected chi connectivity index (χ3v) is 5.74. The first-order valence-electron chi connectivity index (χ1n) is 9.73. The summed E-state index contributed by atoms with van der Waals surface area (Å²) in [4.78, 5) is 14.7. The van der Waals surface area contributed by atoms with Gasteiger partial charge >= 0.3 is 6.03 Å². The van der Waals surface area contributed by atoms with Crippen LogP contribution in [0.25, 0.3) is 0 Å². The van der Waals surface area contributed by atoms with Crippen molar-refractivity contribution >= 4 is 23.3 Å². The highest BCUT2D eigenvalue weighted by atomic mass is 35.5. The Kier molecular flexibility index (Phi) is 5.53. The molecule has 2 amide bonds. The molecule has 144 valence electrons. The minimum absolute atomic E-state index is 0.0537. The second-order valence-corrected chi connectivity index (χ2v) is 7.74. The first-order valence-corrected chi connectivity index (χ1v) is 10.1. The quantitative estimate of drug-likeness (QED) is 0.761. The number of carbonyl (C=O) groups is 1. The Morgan fingerprint density at radius 3 is 2.78 bits per heavy atom. The van der Waals surface area contributed by atoms with Gasteiger partial charge in [-0.1, -0.05) is 11.6 Å². The summed E-state index contributed by atoms with van der Waals surface area (Å²) in [5, 5.41) is 10.4. The Bertz CT molecular complexity index is 774. The van der Waals surface area contributed by atoms with Gasteiger partial charge in [0.1, 0.15) is 5.75 Å². The standard InChI is InChI=1S/C20H25ClN4O2/c21-17-11-15(8-9-19(17)27-16-5-1-2-6-16)24-20(26)25-10-4-3-7-18(25)14-12-22-23-13-14/h8-9,11-13,16,18H,1-7,10H2,(H,22,23)(H,24,26). The number of amides is 2. The van der Waals surface area contributed by atoms with E-state index in [0.717, 1.165) is 44.2 Å². The molecule has 2 fully saturated rings. The summed E-state index contributed by atoms with van der Waals surface area (Å²) >= 11 is 6.38. The molecule has 4 rings (SSSR count). The molecule has 0 bridgehead atoms. The summed E-state index contributed by atoms with van der Waals surface area (Å²) in [5.74, 6) is 0.691. The first-order chi connectivity index (χ1) is 13.2. The molecule has 1 saturated carbocycles. The molecule has 2 heterocycles. The van der Waals surface area contributed by atoms with Crippen LogP contribution >= 0.6 is 11.6 Å². The number of likely N-dealkylation sites (tertiary alicyclic amines) is 1. The van der Waals surface area contributed by atoms with Gasteiger partial charge < -0.3 is 15.0 Å². The predicted octanol–water partition coefficient (Wildman–Crippen LogP) is 5.14. The van der Waals surface area contributed by atoms with Gasteiger partial charge in [0.25, 0.3) is 0 Å². The fourth-order valence-corrected chi connectivity index (χ4v) is 4.24. The van der Waals surface area contributed by atoms with Gasteiger partial charge in [0.2, 0.25) is 0 Å². The van der Waals surface area contributed by atoms with Crippen LogP contribution in [-0.2, 0) is 0 Å². The highest BCUT2D eigenvalue weighted by molar-refractivity contribution is 6.32. The van der Waals surface area contributed by atoms with Crippen LogP contribution in [0.4, 0.5) is 10.5 Å². The van der Waals surface area contributed by atoms with Crippen molar-refractivity contribution in [1.82, 2.24) is 15.1 Å². The van der Waals surface area contributed by atoms with E-state index >= 15 is 0 Å². The Hall–Kier alpha value is -2.21. The van der Waals surface area contributed by atoms with Crippen molar-refractivity contribution in [3.05, 3.63) is 41.2 Å². The van der Waals surface area contributed by atoms with Gasteiger partial charge in [-0.15, -0.1) is 0 Å². The molecular weight excluding hydrogens is 364 g/mol. The number of hydrogen-bond donors (Lipinski definition) is 2. The highest BCUT2D eigenvalue weighted by Crippen LogP contribution is 2.33. The van der Waals surface area contributed by atoms with Crippen LogP contribution in [0.3, 0.4) is 0 Å². The van der Waals surface area contributed by atoms with Crippen molar-refractivity contribution in [2.75, 3.05) is 11.9 Å². The van der Waals surface area contributed by atoms with Gasteiger partial charge in [-0.2, -0.15) is 5.10 Å². The van der Waals surface area contributed by atoms with E-state index in [2.05, 4.69) is 15.5 Å². The third kappa shape index (κ3) is 4.21. The monoisotopic (exact) mass is 388 g/mol. The predicted molar refractivity (Wildman–Crippen MR) is 105 cm³/mol. The average molecular weight is 389 g/mol. The maximum absolute atomic E-state index is 12.9. The highest BCUT2D eigenvalue weighted by Gasteiger charge is 2.28. The number of carbonyl (C=O) groups excluding carboxylic acids is 1. The number of benzene rings is 1. The molecule has 2 N–H and O–H groups in total. The van der Waals surface area contributed by atoms with Crippen LogP contribution in [0.5, 0.6) is 5.75 Å². The largest absolute Gasteiger partial charge is 0.489 e. The number of halogens is 1. The minimum Gasteiger partial charge on any atom is -0.489 e. The van der Waals surface area contributed by atoms with E-state index in [1.165, 1.54) is 12.8 Å². The molecule has 1 saturated heterocycles. The first kappa shape index (κ1) is 18.2. The van der Waals surface area contributed by atoms with Crippen molar-refractivity contribution in [3.8, 4) is 5.75 Å². The van der Waals surface area contributed by atoms with E-state index in [0.29, 0.717) is 16.5 Å². The zero-order valence-electron chi connectivity index (χ0n) is 15.3. The van der Waals surface area contributed by atoms with Gasteiger partial charge in [0.15, 0.2) is 0 Å². The number of nitrogens with one attached hydrogen (secondary N) is 2. The fourth-order valence-electron chi connectivity index (χ4n) is 4.02. The average Bonchev–Trinajstić information content (AvgIpc) is 3.38. The topological polar surface area (TPSA) is 70.2 Å². The molecule has 1 aromatic carbocycles. The molecule has 1 aliphatic carbocycles. The van der Waals surface area contributed by atoms with E-state index < -0.39 is 0 Å². The number of piperidine rings is 1. The maximum Gasteiger partial charge on any atom is 0.322 e. The third-order valence-electron chi connectivity index (χ3n) is 5.45. The molecule has 0 radical (unpaired) electrons. The molecule has 2 aromatic rings. The van der Waals surface area contributed by atoms with Crippen LogP contribution in [-0.4, -0.2) is 33.8 Å². The summed E-state index contributed by atoms with van der Waals surface area (Å²) < 4.78 is 5.98. The molecule has 6 nitrogen and oxygen atoms in total. The van der Waals surface area contributed by atoms with Gasteiger partial charge in [0.05, 0.1) is 23.4 Å². The molecular formula is C20H25ClN4O2. The van der Waals surface area contributed by atoms with E-state index in [1.807, 2.05) is 23.2 Å². The van der Waals surface area contributed by atoms with Crippen LogP contribution < -0.4 is 10.1 Å². The van der Waals surface area contributed by atoms with Crippen molar-refractivity contribution in [1.29, 1.82) is 0 Å². The normalized spacial score (nSPS) is 20.6. The summed E-state index contributed by atoms with van der Waals surface area (Å²) in [6, 6.07) is 5.41. The molecule has 1 atom stereocenters. The number of H-pyrrole nitrogens is 1. The van der Waals surface area contributed by atoms with E-state index in [4.69, 9.17) is 16.3 Å². The van der Waals surface area contributed by atoms with Gasteiger partial charge in [-0.25, -0.2) is 4.79 Å². The van der Waals surface area contributed by atoms with Gasteiger partial charge in [-0.3, -0.25) is 5.10 Å². The lowest BCUT2D eigenvalue weighted by Crippen LogP contribution is -2.41. The number of hydrogen-bond acceptors (Lipinski definition) is 3. The summed E-state index contributed by atoms with van der Waals surface area (Å²) in [6.45, 7) is 0.734. The van der Waals surface area contributed by atoms with Crippen molar-refractivity contribution in [2.24, 2.45) is 0 Å². The second kappa shape index (κ2) is 8.21. The molecule has 1 unspecified atom stereocenters. The van der Waals surface area contributed by atoms with Crippen LogP contribution in [0, 0.1) is 0 Å². The van der Waals surface area contributed by atoms with Crippen molar-refractivity contribution in [3.63, 3.8) is 0 Å². The van der Waals surface area contributed by atoms with E-state index in [9.17, 15) is 4.79 Å². The summed E-state index contributed by atoms with van der Waals surface area (Å²) in [5.41, 5.74) is 1.73. The zero-order chi connectivity index (χ0) is 18.6. The summed E-state index contributed by atoms with van der Waals surface area (Å²) in [7, 11) is 0. The Labute approximate surface area is 164 Å². The fraction of sp³-hybridized carbons (Fsp3) is 0.500. The maximum atomic E-state index is 12.9. The number of anilines is 1. The number of aromatic nitrogens is 2. The number of nitrogens with zero attached hydrogens (tertiary/aromatic N) is 2. The Morgan fingerprint density at radius 1 is 1.22 bits per heavy atom. The molecule has 7 heteroatoms. The van der Waals surface area contributed by atoms with E-state index in [1.54, 1.807) is 12.3 Å². The lowest BCUT2D eigenvalue weighted by atomic mass is 9.98. The second-order valence-electron chi connectivity index (χ2n) is 7.34. The number of aromatic amines is 1. The number of ether oxygens (including phenoxy) is 1. The lowest BCUT2D eigenvalue weighted by Gasteiger charge is -2.35. The van der Waals surface area contributed by atoms with Crippen LogP contribution in [0.15, 0.2) is 30.6 Å². The number of urea groups is 1. The lowest BCUT2D eigenvalue weighted by molar-refractivity contribution is 0.163. The van der Waals surface area contributed by atoms with Crippen molar-refractivity contribution < 1.29 is 9.53 Å². The Morgan fingerprint density at radius 2 is 2.04 bits per heavy atom. The van der Waals surface area contributed by atoms with Crippen LogP contribution in [0.2, 0.25) is 5.02 Å². The molecule has 1 aliphatic heterocycles. The summed E-state index contributed by atoms with van der Waals surface area (Å²) in [6.07, 6.45) is 11.6. The van der Waals surface area contributed by atoms with Crippen molar-refractivity contribution in [2.45, 2.75) is 57.1 Å². The zero-order valence-corrected chi connectivity index (χ0v) is 16.0. The minimum atomic E-state index is -0.110. The van der Waals surface area contributed by atoms with Gasteiger partial charge in [-0.05, 0) is 63.1 Å². The SMILES string of the molecule is O=C(Nc1ccc(OC2CCCC2)c(Cl)c1)N1CCCCC1c1cn[nH]c1. The smallest absolute Gasteiger partial charge is 0.322 e. The van der Waals surface area contributed by atoms with Gasteiger partial charge in [0, 0.05) is 24.0 Å². The Balaban J connectivity index is 1.43. The molecule has 27 heavy (non-hydrogen) atoms.